The van der Waals surface area contributed by atoms with Crippen molar-refractivity contribution in [1.82, 2.24) is 5.32 Å². The lowest BCUT2D eigenvalue weighted by atomic mass is 10.1. The molecule has 0 bridgehead atoms. The third kappa shape index (κ3) is 12.3. The van der Waals surface area contributed by atoms with E-state index in [-0.39, 0.29) is 25.2 Å². The number of hydrogen-bond donors (Lipinski definition) is 1. The molecule has 0 aliphatic heterocycles. The van der Waals surface area contributed by atoms with Gasteiger partial charge in [-0.1, -0.05) is 13.8 Å². The third-order valence-corrected chi connectivity index (χ3v) is 2.95. The van der Waals surface area contributed by atoms with Crippen molar-refractivity contribution in [3.8, 4) is 0 Å². The van der Waals surface area contributed by atoms with Gasteiger partial charge in [-0.05, 0) is 26.2 Å². The third-order valence-electron chi connectivity index (χ3n) is 2.95. The van der Waals surface area contributed by atoms with Crippen molar-refractivity contribution in [3.63, 3.8) is 0 Å². The van der Waals surface area contributed by atoms with Crippen molar-refractivity contribution in [1.29, 1.82) is 0 Å². The van der Waals surface area contributed by atoms with E-state index in [9.17, 15) is 19.2 Å². The summed E-state index contributed by atoms with van der Waals surface area (Å²) in [5, 5.41) is 2.28. The smallest absolute Gasteiger partial charge is 0.410 e. The summed E-state index contributed by atoms with van der Waals surface area (Å²) < 4.78 is 14.9. The van der Waals surface area contributed by atoms with Crippen LogP contribution in [-0.2, 0) is 28.6 Å². The zero-order chi connectivity index (χ0) is 21.0. The minimum Gasteiger partial charge on any atom is -0.461 e. The van der Waals surface area contributed by atoms with Gasteiger partial charge in [0.25, 0.3) is 0 Å². The Labute approximate surface area is 158 Å². The van der Waals surface area contributed by atoms with Crippen molar-refractivity contribution in [2.45, 2.75) is 72.3 Å². The molecule has 0 radical (unpaired) electrons. The number of carbonyl (C=O) groups excluding carboxylic acids is 4. The van der Waals surface area contributed by atoms with Gasteiger partial charge in [0, 0.05) is 19.8 Å². The van der Waals surface area contributed by atoms with Gasteiger partial charge in [0.15, 0.2) is 0 Å². The molecule has 2 atom stereocenters. The number of rotatable bonds is 11. The molecule has 0 heterocycles. The van der Waals surface area contributed by atoms with Gasteiger partial charge in [-0.25, -0.2) is 9.59 Å². The van der Waals surface area contributed by atoms with Crippen LogP contribution in [0, 0.1) is 5.92 Å². The second kappa shape index (κ2) is 12.6. The number of alkyl carbamates (subject to hydrolysis) is 1. The van der Waals surface area contributed by atoms with Crippen molar-refractivity contribution < 1.29 is 38.2 Å². The van der Waals surface area contributed by atoms with E-state index in [1.165, 1.54) is 6.92 Å². The van der Waals surface area contributed by atoms with Crippen LogP contribution in [0.5, 0.6) is 0 Å². The summed E-state index contributed by atoms with van der Waals surface area (Å²) in [6.07, 6.45) is -1.97. The molecule has 0 saturated carbocycles. The predicted molar refractivity (Wildman–Crippen MR) is 93.6 cm³/mol. The molecule has 0 aliphatic rings. The van der Waals surface area contributed by atoms with Crippen molar-refractivity contribution in [2.24, 2.45) is 5.92 Å². The average molecular weight is 385 g/mol. The molecule has 10 heteroatoms. The van der Waals surface area contributed by atoms with Crippen molar-refractivity contribution >= 4 is 30.0 Å². The highest BCUT2D eigenvalue weighted by molar-refractivity contribution is 6.25. The lowest BCUT2D eigenvalue weighted by Crippen LogP contribution is -2.44. The Morgan fingerprint density at radius 3 is 2.19 bits per heavy atom. The number of ether oxygens (including phenoxy) is 3. The Bertz CT molecular complexity index is 583. The van der Waals surface area contributed by atoms with E-state index in [1.807, 2.05) is 13.8 Å². The van der Waals surface area contributed by atoms with Crippen LogP contribution in [0.1, 0.15) is 53.9 Å². The van der Waals surface area contributed by atoms with E-state index in [4.69, 9.17) is 19.7 Å². The highest BCUT2D eigenvalue weighted by Crippen LogP contribution is 2.07. The lowest BCUT2D eigenvalue weighted by Gasteiger charge is -2.20. The molecule has 0 spiro atoms. The molecular formula is C17H27N3O7. The van der Waals surface area contributed by atoms with Crippen LogP contribution in [0.4, 0.5) is 4.79 Å². The highest BCUT2D eigenvalue weighted by Gasteiger charge is 2.26. The second-order valence-corrected chi connectivity index (χ2v) is 6.49. The first-order valence-electron chi connectivity index (χ1n) is 8.62. The molecule has 0 aromatic carbocycles. The molecule has 2 unspecified atom stereocenters. The Morgan fingerprint density at radius 2 is 1.67 bits per heavy atom. The molecule has 0 saturated heterocycles. The first-order valence-corrected chi connectivity index (χ1v) is 8.62. The van der Waals surface area contributed by atoms with E-state index >= 15 is 0 Å². The lowest BCUT2D eigenvalue weighted by molar-refractivity contribution is -0.166. The number of hydrogen-bond acceptors (Lipinski definition) is 7. The fourth-order valence-electron chi connectivity index (χ4n) is 1.90. The summed E-state index contributed by atoms with van der Waals surface area (Å²) in [7, 11) is 0. The Balaban J connectivity index is 4.75. The fourth-order valence-corrected chi connectivity index (χ4v) is 1.90. The second-order valence-electron chi connectivity index (χ2n) is 6.49. The van der Waals surface area contributed by atoms with Crippen LogP contribution < -0.4 is 5.32 Å². The predicted octanol–water partition coefficient (Wildman–Crippen LogP) is 1.62. The number of esters is 2. The monoisotopic (exact) mass is 385 g/mol. The van der Waals surface area contributed by atoms with Gasteiger partial charge >= 0.3 is 24.2 Å². The molecule has 0 aromatic heterocycles. The number of nitrogens with zero attached hydrogens (tertiary/aromatic N) is 2. The Hall–Kier alpha value is -2.74. The van der Waals surface area contributed by atoms with Crippen LogP contribution >= 0.6 is 0 Å². The van der Waals surface area contributed by atoms with Gasteiger partial charge in [0.1, 0.15) is 6.04 Å². The van der Waals surface area contributed by atoms with Gasteiger partial charge in [0.05, 0.1) is 6.10 Å². The van der Waals surface area contributed by atoms with Crippen LogP contribution in [0.3, 0.4) is 0 Å². The maximum absolute atomic E-state index is 12.1. The minimum absolute atomic E-state index is 0.0903. The molecule has 152 valence electrons. The largest absolute Gasteiger partial charge is 0.461 e. The first kappa shape index (κ1) is 24.3. The highest BCUT2D eigenvalue weighted by atomic mass is 16.7. The summed E-state index contributed by atoms with van der Waals surface area (Å²) in [6.45, 7) is 8.31. The SMILES string of the molecule is CC(C)CC(=O)OC(C)OC(=O)NC(CCC(=O)C=[N+]=[N-])C(=O)OC(C)C. The molecule has 0 aromatic rings. The summed E-state index contributed by atoms with van der Waals surface area (Å²) in [4.78, 5) is 49.6. The van der Waals surface area contributed by atoms with Crippen LogP contribution in [0.25, 0.3) is 5.53 Å². The quantitative estimate of drug-likeness (QED) is 0.187. The number of amides is 1. The van der Waals surface area contributed by atoms with Crippen LogP contribution in [-0.4, -0.2) is 53.3 Å². The molecule has 1 amide bonds. The standard InChI is InChI=1S/C17H27N3O7/c1-10(2)8-15(22)26-12(5)27-17(24)20-14(16(23)25-11(3)4)7-6-13(21)9-19-18/h9-12,14H,6-8H2,1-5H3,(H,20,24). The summed E-state index contributed by atoms with van der Waals surface area (Å²) in [5.41, 5.74) is 8.33. The molecule has 0 rings (SSSR count). The maximum atomic E-state index is 12.1. The number of Topliss-reactive ketones (excluding diaryl/α,β-unsaturated/α-hetero) is 1. The van der Waals surface area contributed by atoms with Crippen LogP contribution in [0.15, 0.2) is 0 Å². The molecule has 27 heavy (non-hydrogen) atoms. The zero-order valence-electron chi connectivity index (χ0n) is 16.3. The molecule has 1 N–H and O–H groups in total. The maximum Gasteiger partial charge on any atom is 0.410 e. The van der Waals surface area contributed by atoms with Gasteiger partial charge in [0.2, 0.25) is 12.1 Å². The molecule has 10 nitrogen and oxygen atoms in total. The van der Waals surface area contributed by atoms with E-state index in [2.05, 4.69) is 10.1 Å². The number of ketones is 1. The van der Waals surface area contributed by atoms with Crippen molar-refractivity contribution in [2.75, 3.05) is 0 Å². The molecule has 0 fully saturated rings. The van der Waals surface area contributed by atoms with Crippen LogP contribution in [0.2, 0.25) is 0 Å². The van der Waals surface area contributed by atoms with Gasteiger partial charge in [-0.3, -0.25) is 9.59 Å². The normalized spacial score (nSPS) is 12.6. The van der Waals surface area contributed by atoms with Gasteiger partial charge < -0.3 is 25.1 Å². The first-order chi connectivity index (χ1) is 12.5. The summed E-state index contributed by atoms with van der Waals surface area (Å²) in [6, 6.07) is -1.16. The topological polar surface area (TPSA) is 144 Å². The van der Waals surface area contributed by atoms with E-state index in [0.29, 0.717) is 6.21 Å². The fraction of sp³-hybridized carbons (Fsp3) is 0.706. The molecule has 0 aliphatic carbocycles. The minimum atomic E-state index is -1.16. The summed E-state index contributed by atoms with van der Waals surface area (Å²) in [5.74, 6) is -1.71. The van der Waals surface area contributed by atoms with E-state index in [1.54, 1.807) is 13.8 Å². The number of carbonyl (C=O) groups is 4. The van der Waals surface area contributed by atoms with E-state index in [0.717, 1.165) is 0 Å². The van der Waals surface area contributed by atoms with Gasteiger partial charge in [-0.2, -0.15) is 4.79 Å². The Morgan fingerprint density at radius 1 is 1.04 bits per heavy atom. The summed E-state index contributed by atoms with van der Waals surface area (Å²) >= 11 is 0. The zero-order valence-corrected chi connectivity index (χ0v) is 16.3. The van der Waals surface area contributed by atoms with E-state index < -0.39 is 42.3 Å². The van der Waals surface area contributed by atoms with Crippen molar-refractivity contribution in [3.05, 3.63) is 5.53 Å². The van der Waals surface area contributed by atoms with Gasteiger partial charge in [-0.15, -0.1) is 0 Å². The molecular weight excluding hydrogens is 358 g/mol. The number of nitrogens with one attached hydrogen (secondary N) is 1. The Kier molecular flexibility index (Phi) is 11.3. The average Bonchev–Trinajstić information content (AvgIpc) is 2.49.